The lowest BCUT2D eigenvalue weighted by molar-refractivity contribution is -0.138. The molecule has 0 aromatic carbocycles. The molecule has 0 saturated heterocycles. The third-order valence-corrected chi connectivity index (χ3v) is 3.38. The molecule has 1 rings (SSSR count). The average molecular weight is 242 g/mol. The summed E-state index contributed by atoms with van der Waals surface area (Å²) in [5, 5.41) is 8.57. The van der Waals surface area contributed by atoms with E-state index in [1.165, 1.54) is 12.8 Å². The van der Waals surface area contributed by atoms with Crippen LogP contribution in [-0.2, 0) is 9.59 Å². The van der Waals surface area contributed by atoms with Crippen molar-refractivity contribution in [3.63, 3.8) is 0 Å². The highest BCUT2D eigenvalue weighted by Gasteiger charge is 2.28. The summed E-state index contributed by atoms with van der Waals surface area (Å²) in [4.78, 5) is 24.3. The summed E-state index contributed by atoms with van der Waals surface area (Å²) in [6.45, 7) is 2.60. The van der Waals surface area contributed by atoms with Gasteiger partial charge in [0.25, 0.3) is 0 Å². The first-order chi connectivity index (χ1) is 8.06. The standard InChI is InChI=1S/C12H22N2O3/c1-2-14(9-5-3-4-6-9)12(17)10(13)7-8-11(15)16/h9-10H,2-8,13H2,1H3,(H,15,16). The third-order valence-electron chi connectivity index (χ3n) is 3.38. The van der Waals surface area contributed by atoms with Crippen LogP contribution in [0, 0.1) is 0 Å². The number of carbonyl (C=O) groups is 2. The van der Waals surface area contributed by atoms with Crippen molar-refractivity contribution < 1.29 is 14.7 Å². The Morgan fingerprint density at radius 3 is 2.47 bits per heavy atom. The number of nitrogens with two attached hydrogens (primary N) is 1. The van der Waals surface area contributed by atoms with Gasteiger partial charge in [0.2, 0.25) is 5.91 Å². The number of amides is 1. The molecule has 1 amide bonds. The van der Waals surface area contributed by atoms with Crippen molar-refractivity contribution in [2.24, 2.45) is 5.73 Å². The van der Waals surface area contributed by atoms with E-state index in [1.807, 2.05) is 11.8 Å². The van der Waals surface area contributed by atoms with Gasteiger partial charge in [-0.2, -0.15) is 0 Å². The molecule has 1 atom stereocenters. The van der Waals surface area contributed by atoms with E-state index in [0.29, 0.717) is 12.6 Å². The van der Waals surface area contributed by atoms with E-state index in [1.54, 1.807) is 0 Å². The molecular formula is C12H22N2O3. The quantitative estimate of drug-likeness (QED) is 0.727. The minimum absolute atomic E-state index is 0.0465. The number of hydrogen-bond donors (Lipinski definition) is 2. The van der Waals surface area contributed by atoms with Crippen LogP contribution in [-0.4, -0.2) is 40.5 Å². The first-order valence-corrected chi connectivity index (χ1v) is 6.34. The first-order valence-electron chi connectivity index (χ1n) is 6.34. The number of hydrogen-bond acceptors (Lipinski definition) is 3. The molecule has 0 spiro atoms. The van der Waals surface area contributed by atoms with Crippen LogP contribution < -0.4 is 5.73 Å². The number of carboxylic acid groups (broad SMARTS) is 1. The Kier molecular flexibility index (Phi) is 5.41. The maximum absolute atomic E-state index is 12.1. The van der Waals surface area contributed by atoms with Crippen LogP contribution in [0.5, 0.6) is 0 Å². The molecule has 0 aliphatic heterocycles. The van der Waals surface area contributed by atoms with Crippen molar-refractivity contribution >= 4 is 11.9 Å². The zero-order chi connectivity index (χ0) is 12.8. The molecule has 1 fully saturated rings. The Morgan fingerprint density at radius 2 is 2.00 bits per heavy atom. The summed E-state index contributed by atoms with van der Waals surface area (Å²) in [7, 11) is 0. The molecule has 0 aromatic heterocycles. The molecule has 1 aliphatic rings. The normalized spacial score (nSPS) is 18.0. The smallest absolute Gasteiger partial charge is 0.303 e. The van der Waals surface area contributed by atoms with Crippen LogP contribution >= 0.6 is 0 Å². The first kappa shape index (κ1) is 14.0. The summed E-state index contributed by atoms with van der Waals surface area (Å²) in [6, 6.07) is -0.366. The van der Waals surface area contributed by atoms with Gasteiger partial charge in [-0.3, -0.25) is 9.59 Å². The lowest BCUT2D eigenvalue weighted by Gasteiger charge is -2.30. The summed E-state index contributed by atoms with van der Waals surface area (Å²) in [5.41, 5.74) is 5.76. The van der Waals surface area contributed by atoms with Crippen molar-refractivity contribution in [2.75, 3.05) is 6.54 Å². The Bertz CT molecular complexity index is 275. The van der Waals surface area contributed by atoms with Crippen molar-refractivity contribution in [2.45, 2.75) is 57.5 Å². The second-order valence-electron chi connectivity index (χ2n) is 4.60. The van der Waals surface area contributed by atoms with Crippen LogP contribution in [0.25, 0.3) is 0 Å². The molecule has 0 heterocycles. The minimum atomic E-state index is -0.905. The lowest BCUT2D eigenvalue weighted by atomic mass is 10.1. The molecule has 3 N–H and O–H groups in total. The SMILES string of the molecule is CCN(C(=O)C(N)CCC(=O)O)C1CCCC1. The van der Waals surface area contributed by atoms with Gasteiger partial charge in [-0.1, -0.05) is 12.8 Å². The molecule has 1 unspecified atom stereocenters. The van der Waals surface area contributed by atoms with Gasteiger partial charge in [-0.25, -0.2) is 0 Å². The van der Waals surface area contributed by atoms with Gasteiger partial charge < -0.3 is 15.7 Å². The number of carboxylic acids is 1. The summed E-state index contributed by atoms with van der Waals surface area (Å²) in [6.07, 6.45) is 4.60. The predicted molar refractivity (Wildman–Crippen MR) is 64.5 cm³/mol. The van der Waals surface area contributed by atoms with Crippen LogP contribution in [0.15, 0.2) is 0 Å². The number of likely N-dealkylation sites (N-methyl/N-ethyl adjacent to an activating group) is 1. The summed E-state index contributed by atoms with van der Waals surface area (Å²) < 4.78 is 0. The number of rotatable bonds is 6. The molecule has 0 radical (unpaired) electrons. The van der Waals surface area contributed by atoms with Crippen molar-refractivity contribution in [3.8, 4) is 0 Å². The second kappa shape index (κ2) is 6.59. The van der Waals surface area contributed by atoms with Gasteiger partial charge in [-0.15, -0.1) is 0 Å². The highest BCUT2D eigenvalue weighted by Crippen LogP contribution is 2.23. The average Bonchev–Trinajstić information content (AvgIpc) is 2.80. The molecule has 5 heteroatoms. The second-order valence-corrected chi connectivity index (χ2v) is 4.60. The maximum atomic E-state index is 12.1. The molecular weight excluding hydrogens is 220 g/mol. The number of aliphatic carboxylic acids is 1. The van der Waals surface area contributed by atoms with Crippen LogP contribution in [0.3, 0.4) is 0 Å². The monoisotopic (exact) mass is 242 g/mol. The molecule has 17 heavy (non-hydrogen) atoms. The third kappa shape index (κ3) is 4.00. The highest BCUT2D eigenvalue weighted by atomic mass is 16.4. The fourth-order valence-corrected chi connectivity index (χ4v) is 2.43. The Hall–Kier alpha value is -1.10. The van der Waals surface area contributed by atoms with E-state index in [-0.39, 0.29) is 18.7 Å². The Morgan fingerprint density at radius 1 is 1.41 bits per heavy atom. The molecule has 1 saturated carbocycles. The van der Waals surface area contributed by atoms with E-state index in [0.717, 1.165) is 12.8 Å². The molecule has 5 nitrogen and oxygen atoms in total. The molecule has 98 valence electrons. The predicted octanol–water partition coefficient (Wildman–Crippen LogP) is 0.970. The molecule has 1 aliphatic carbocycles. The van der Waals surface area contributed by atoms with Crippen molar-refractivity contribution in [3.05, 3.63) is 0 Å². The van der Waals surface area contributed by atoms with Crippen LogP contribution in [0.2, 0.25) is 0 Å². The fourth-order valence-electron chi connectivity index (χ4n) is 2.43. The molecule has 0 aromatic rings. The largest absolute Gasteiger partial charge is 0.481 e. The van der Waals surface area contributed by atoms with Gasteiger partial charge in [-0.05, 0) is 26.2 Å². The molecule has 0 bridgehead atoms. The van der Waals surface area contributed by atoms with E-state index in [9.17, 15) is 9.59 Å². The maximum Gasteiger partial charge on any atom is 0.303 e. The minimum Gasteiger partial charge on any atom is -0.481 e. The van der Waals surface area contributed by atoms with Gasteiger partial charge >= 0.3 is 5.97 Å². The number of carbonyl (C=O) groups excluding carboxylic acids is 1. The summed E-state index contributed by atoms with van der Waals surface area (Å²) in [5.74, 6) is -1.00. The van der Waals surface area contributed by atoms with Gasteiger partial charge in [0.05, 0.1) is 6.04 Å². The van der Waals surface area contributed by atoms with Crippen LogP contribution in [0.1, 0.15) is 45.4 Å². The van der Waals surface area contributed by atoms with Crippen molar-refractivity contribution in [1.82, 2.24) is 4.90 Å². The van der Waals surface area contributed by atoms with E-state index in [4.69, 9.17) is 10.8 Å². The Labute approximate surface area is 102 Å². The highest BCUT2D eigenvalue weighted by molar-refractivity contribution is 5.82. The van der Waals surface area contributed by atoms with Gasteiger partial charge in [0, 0.05) is 19.0 Å². The zero-order valence-electron chi connectivity index (χ0n) is 10.4. The number of nitrogens with zero attached hydrogens (tertiary/aromatic N) is 1. The van der Waals surface area contributed by atoms with Gasteiger partial charge in [0.15, 0.2) is 0 Å². The van der Waals surface area contributed by atoms with E-state index < -0.39 is 12.0 Å². The topological polar surface area (TPSA) is 83.6 Å². The van der Waals surface area contributed by atoms with Crippen LogP contribution in [0.4, 0.5) is 0 Å². The van der Waals surface area contributed by atoms with E-state index in [2.05, 4.69) is 0 Å². The van der Waals surface area contributed by atoms with Gasteiger partial charge in [0.1, 0.15) is 0 Å². The summed E-state index contributed by atoms with van der Waals surface area (Å²) >= 11 is 0. The Balaban J connectivity index is 2.49. The van der Waals surface area contributed by atoms with E-state index >= 15 is 0 Å². The fraction of sp³-hybridized carbons (Fsp3) is 0.833. The zero-order valence-corrected chi connectivity index (χ0v) is 10.4. The van der Waals surface area contributed by atoms with Crippen molar-refractivity contribution in [1.29, 1.82) is 0 Å². The lowest BCUT2D eigenvalue weighted by Crippen LogP contribution is -2.47.